The summed E-state index contributed by atoms with van der Waals surface area (Å²) in [6, 6.07) is 79.2. The first-order valence-electron chi connectivity index (χ1n) is 26.6. The molecule has 0 N–H and O–H groups in total. The summed E-state index contributed by atoms with van der Waals surface area (Å²) in [7, 11) is -5.92. The number of anilines is 6. The lowest BCUT2D eigenvalue weighted by molar-refractivity contribution is 1.29. The van der Waals surface area contributed by atoms with Crippen molar-refractivity contribution in [1.82, 2.24) is 0 Å². The predicted octanol–water partition coefficient (Wildman–Crippen LogP) is 18.1. The molecular formula is C68H70N2Si4. The molecule has 10 aromatic rings. The molecule has 11 rings (SSSR count). The van der Waals surface area contributed by atoms with Gasteiger partial charge in [0.2, 0.25) is 0 Å². The Labute approximate surface area is 445 Å². The lowest BCUT2D eigenvalue weighted by atomic mass is 9.82. The van der Waals surface area contributed by atoms with Crippen molar-refractivity contribution in [3.05, 3.63) is 206 Å². The first-order valence-corrected chi connectivity index (χ1v) is 40.6. The van der Waals surface area contributed by atoms with E-state index < -0.39 is 32.3 Å². The lowest BCUT2D eigenvalue weighted by Gasteiger charge is -2.28. The second-order valence-electron chi connectivity index (χ2n) is 24.7. The number of hydrogen-bond acceptors (Lipinski definition) is 2. The maximum absolute atomic E-state index is 2.43. The van der Waals surface area contributed by atoms with Crippen LogP contribution in [-0.2, 0) is 0 Å². The van der Waals surface area contributed by atoms with E-state index in [4.69, 9.17) is 0 Å². The van der Waals surface area contributed by atoms with Crippen LogP contribution < -0.4 is 30.5 Å². The molecule has 0 atom stereocenters. The molecule has 0 heterocycles. The van der Waals surface area contributed by atoms with Crippen LogP contribution in [0.5, 0.6) is 0 Å². The summed E-state index contributed by atoms with van der Waals surface area (Å²) in [5.41, 5.74) is 17.2. The number of benzene rings is 10. The van der Waals surface area contributed by atoms with Crippen LogP contribution in [0.25, 0.3) is 66.1 Å². The molecule has 0 bridgehead atoms. The molecule has 10 aromatic carbocycles. The average Bonchev–Trinajstić information content (AvgIpc) is 3.73. The number of rotatable bonds is 12. The van der Waals surface area contributed by atoms with E-state index in [0.29, 0.717) is 0 Å². The number of nitrogens with zero attached hydrogens (tertiary/aromatic N) is 2. The summed E-state index contributed by atoms with van der Waals surface area (Å²) in [5.74, 6) is 0. The second-order valence-corrected chi connectivity index (χ2v) is 45.0. The maximum atomic E-state index is 2.43. The van der Waals surface area contributed by atoms with Gasteiger partial charge in [-0.3, -0.25) is 0 Å². The number of fused-ring (bicyclic) bond motifs is 4. The normalized spacial score (nSPS) is 12.6. The molecule has 1 aliphatic rings. The van der Waals surface area contributed by atoms with Crippen molar-refractivity contribution in [3.63, 3.8) is 0 Å². The highest BCUT2D eigenvalue weighted by molar-refractivity contribution is 6.90. The fourth-order valence-corrected chi connectivity index (χ4v) is 15.9. The molecule has 0 aromatic heterocycles. The highest BCUT2D eigenvalue weighted by Crippen LogP contribution is 2.58. The third-order valence-electron chi connectivity index (χ3n) is 15.5. The molecule has 6 heteroatoms. The van der Waals surface area contributed by atoms with Crippen LogP contribution in [0.2, 0.25) is 78.6 Å². The van der Waals surface area contributed by atoms with Gasteiger partial charge < -0.3 is 9.80 Å². The molecule has 0 radical (unpaired) electrons. The van der Waals surface area contributed by atoms with E-state index in [1.165, 1.54) is 110 Å². The molecule has 1 aliphatic carbocycles. The lowest BCUT2D eigenvalue weighted by Crippen LogP contribution is -2.37. The Morgan fingerprint density at radius 3 is 0.757 bits per heavy atom. The molecule has 0 saturated carbocycles. The van der Waals surface area contributed by atoms with Gasteiger partial charge >= 0.3 is 0 Å². The van der Waals surface area contributed by atoms with Crippen molar-refractivity contribution in [2.75, 3.05) is 9.80 Å². The average molecular weight is 1030 g/mol. The Hall–Kier alpha value is -6.81. The van der Waals surface area contributed by atoms with Crippen molar-refractivity contribution < 1.29 is 0 Å². The zero-order valence-electron chi connectivity index (χ0n) is 45.5. The van der Waals surface area contributed by atoms with E-state index in [1.54, 1.807) is 0 Å². The summed E-state index contributed by atoms with van der Waals surface area (Å²) in [4.78, 5) is 4.87. The maximum Gasteiger partial charge on any atom is 0.0775 e. The fraction of sp³-hybridized carbons (Fsp3) is 0.176. The van der Waals surface area contributed by atoms with Gasteiger partial charge in [-0.25, -0.2) is 0 Å². The minimum Gasteiger partial charge on any atom is -0.311 e. The van der Waals surface area contributed by atoms with Gasteiger partial charge in [-0.15, -0.1) is 0 Å². The summed E-state index contributed by atoms with van der Waals surface area (Å²) in [6.45, 7) is 29.1. The van der Waals surface area contributed by atoms with Crippen LogP contribution in [0.3, 0.4) is 0 Å². The van der Waals surface area contributed by atoms with E-state index >= 15 is 0 Å². The first kappa shape index (κ1) is 49.4. The topological polar surface area (TPSA) is 6.48 Å². The standard InChI is InChI=1S/C68H70N2Si4/c1-71(2,3)56-39-31-52(32-40-56)69(53-33-41-57(42-34-53)72(4,5)6)50-27-23-48(24-28-50)65-60-19-13-14-20-61(60)66(68-63-22-16-18-47-17-15-21-62(64(47)63)67(65)68)49-25-29-51(30-26-49)70(54-35-43-58(44-36-54)73(7,8)9)55-37-45-59(46-38-55)74(10,11)12/h13-46H,1-12H3. The van der Waals surface area contributed by atoms with E-state index in [9.17, 15) is 0 Å². The summed E-state index contributed by atoms with van der Waals surface area (Å²) in [5, 5.41) is 11.0. The van der Waals surface area contributed by atoms with Crippen molar-refractivity contribution in [2.24, 2.45) is 0 Å². The minimum atomic E-state index is -1.48. The third-order valence-corrected chi connectivity index (χ3v) is 23.7. The van der Waals surface area contributed by atoms with Crippen molar-refractivity contribution in [1.29, 1.82) is 0 Å². The summed E-state index contributed by atoms with van der Waals surface area (Å²) >= 11 is 0. The molecule has 0 fully saturated rings. The highest BCUT2D eigenvalue weighted by atomic mass is 28.3. The molecule has 0 aliphatic heterocycles. The Bertz CT molecular complexity index is 3340. The van der Waals surface area contributed by atoms with Crippen LogP contribution in [0.1, 0.15) is 0 Å². The van der Waals surface area contributed by atoms with Crippen LogP contribution in [0.4, 0.5) is 34.1 Å². The molecule has 2 nitrogen and oxygen atoms in total. The van der Waals surface area contributed by atoms with Gasteiger partial charge in [0, 0.05) is 34.1 Å². The Morgan fingerprint density at radius 2 is 0.500 bits per heavy atom. The largest absolute Gasteiger partial charge is 0.311 e. The van der Waals surface area contributed by atoms with Gasteiger partial charge in [-0.2, -0.15) is 0 Å². The van der Waals surface area contributed by atoms with Gasteiger partial charge in [0.25, 0.3) is 0 Å². The van der Waals surface area contributed by atoms with Gasteiger partial charge in [-0.1, -0.05) is 233 Å². The first-order chi connectivity index (χ1) is 35.2. The van der Waals surface area contributed by atoms with Gasteiger partial charge in [0.1, 0.15) is 0 Å². The molecule has 0 saturated heterocycles. The Kier molecular flexibility index (Phi) is 12.4. The van der Waals surface area contributed by atoms with Gasteiger partial charge in [0.15, 0.2) is 0 Å². The van der Waals surface area contributed by atoms with Crippen LogP contribution >= 0.6 is 0 Å². The van der Waals surface area contributed by atoms with E-state index in [1.807, 2.05) is 0 Å². The van der Waals surface area contributed by atoms with Crippen LogP contribution in [-0.4, -0.2) is 32.3 Å². The van der Waals surface area contributed by atoms with Gasteiger partial charge in [0.05, 0.1) is 32.3 Å². The predicted molar refractivity (Wildman–Crippen MR) is 338 cm³/mol. The molecule has 0 unspecified atom stereocenters. The quantitative estimate of drug-likeness (QED) is 0.113. The van der Waals surface area contributed by atoms with Crippen LogP contribution in [0.15, 0.2) is 206 Å². The zero-order valence-corrected chi connectivity index (χ0v) is 49.5. The monoisotopic (exact) mass is 1030 g/mol. The highest BCUT2D eigenvalue weighted by Gasteiger charge is 2.31. The van der Waals surface area contributed by atoms with E-state index in [0.717, 1.165) is 11.4 Å². The fourth-order valence-electron chi connectivity index (χ4n) is 11.2. The molecule has 368 valence electrons. The Morgan fingerprint density at radius 1 is 0.243 bits per heavy atom. The number of hydrogen-bond donors (Lipinski definition) is 0. The van der Waals surface area contributed by atoms with E-state index in [2.05, 4.69) is 295 Å². The van der Waals surface area contributed by atoms with Crippen LogP contribution in [0, 0.1) is 0 Å². The zero-order chi connectivity index (χ0) is 51.9. The van der Waals surface area contributed by atoms with Crippen molar-refractivity contribution >= 4 is 109 Å². The summed E-state index contributed by atoms with van der Waals surface area (Å²) < 4.78 is 0. The third kappa shape index (κ3) is 9.06. The molecule has 0 amide bonds. The van der Waals surface area contributed by atoms with Crippen molar-refractivity contribution in [2.45, 2.75) is 78.6 Å². The smallest absolute Gasteiger partial charge is 0.0775 e. The van der Waals surface area contributed by atoms with Gasteiger partial charge in [-0.05, 0) is 139 Å². The summed E-state index contributed by atoms with van der Waals surface area (Å²) in [6.07, 6.45) is 0. The SMILES string of the molecule is C[Si](C)(C)c1ccc(N(c2ccc(-c3c4c(c(-c5ccc(N(c6ccc([Si](C)(C)C)cc6)c6ccc([Si](C)(C)C)cc6)cc5)c5ccccc35)-c3cccc5cccc-4c35)cc2)c2ccc([Si](C)(C)C)cc2)cc1. The Balaban J connectivity index is 1.07. The molecule has 74 heavy (non-hydrogen) atoms. The minimum absolute atomic E-state index is 1.14. The van der Waals surface area contributed by atoms with Crippen molar-refractivity contribution in [3.8, 4) is 44.5 Å². The molecule has 0 spiro atoms. The second kappa shape index (κ2) is 18.5. The van der Waals surface area contributed by atoms with E-state index in [-0.39, 0.29) is 0 Å². The molecular weight excluding hydrogens is 957 g/mol.